The maximum atomic E-state index is 11.0. The van der Waals surface area contributed by atoms with Crippen molar-refractivity contribution in [3.05, 3.63) is 21.2 Å². The number of phenols is 2. The lowest BCUT2D eigenvalue weighted by atomic mass is 9.89. The van der Waals surface area contributed by atoms with Crippen LogP contribution in [0.3, 0.4) is 0 Å². The molecule has 228 valence electrons. The zero-order valence-electron chi connectivity index (χ0n) is 26.4. The summed E-state index contributed by atoms with van der Waals surface area (Å²) in [6.45, 7) is 6.83. The van der Waals surface area contributed by atoms with E-state index in [1.165, 1.54) is 152 Å². The molecule has 0 fully saturated rings. The summed E-state index contributed by atoms with van der Waals surface area (Å²) < 4.78 is 0.747. The molecule has 0 bridgehead atoms. The molecule has 0 heterocycles. The number of benzene rings is 1. The Bertz CT molecular complexity index is 667. The number of unbranched alkanes of at least 4 members (excludes halogenated alkanes) is 21. The van der Waals surface area contributed by atoms with Gasteiger partial charge in [0.05, 0.1) is 4.47 Å². The van der Waals surface area contributed by atoms with Gasteiger partial charge >= 0.3 is 0 Å². The van der Waals surface area contributed by atoms with Crippen molar-refractivity contribution in [3.8, 4) is 11.5 Å². The van der Waals surface area contributed by atoms with Gasteiger partial charge in [-0.05, 0) is 65.6 Å². The smallest absolute Gasteiger partial charge is 0.172 e. The Morgan fingerprint density at radius 1 is 0.359 bits per heavy atom. The van der Waals surface area contributed by atoms with Gasteiger partial charge in [-0.3, -0.25) is 0 Å². The Labute approximate surface area is 252 Å². The third-order valence-electron chi connectivity index (χ3n) is 8.55. The van der Waals surface area contributed by atoms with Crippen LogP contribution in [0.25, 0.3) is 0 Å². The van der Waals surface area contributed by atoms with Crippen molar-refractivity contribution in [2.75, 3.05) is 0 Å². The molecule has 0 aliphatic carbocycles. The Kier molecular flexibility index (Phi) is 23.3. The lowest BCUT2D eigenvalue weighted by Crippen LogP contribution is -2.05. The van der Waals surface area contributed by atoms with Crippen LogP contribution in [0.2, 0.25) is 0 Å². The van der Waals surface area contributed by atoms with Crippen LogP contribution >= 0.6 is 15.9 Å². The number of hydrogen-bond acceptors (Lipinski definition) is 2. The fourth-order valence-electron chi connectivity index (χ4n) is 5.99. The molecule has 1 aromatic rings. The van der Waals surface area contributed by atoms with Gasteiger partial charge in [-0.2, -0.15) is 0 Å². The second-order valence-electron chi connectivity index (χ2n) is 12.1. The van der Waals surface area contributed by atoms with Gasteiger partial charge < -0.3 is 10.2 Å². The number of rotatable bonds is 27. The average molecular weight is 610 g/mol. The normalized spacial score (nSPS) is 11.5. The SMILES string of the molecule is CCCCCCCCCCc1c(O)c(O)c(Br)c(CCCCCCCCCC)c1CCCCCCCCCC. The van der Waals surface area contributed by atoms with E-state index in [0.29, 0.717) is 0 Å². The van der Waals surface area contributed by atoms with Crippen molar-refractivity contribution in [3.63, 3.8) is 0 Å². The van der Waals surface area contributed by atoms with Gasteiger partial charge in [0.15, 0.2) is 11.5 Å². The molecular weight excluding hydrogens is 544 g/mol. The van der Waals surface area contributed by atoms with Crippen LogP contribution in [0.4, 0.5) is 0 Å². The molecular formula is C36H65BrO2. The molecule has 0 radical (unpaired) electrons. The highest BCUT2D eigenvalue weighted by molar-refractivity contribution is 9.10. The van der Waals surface area contributed by atoms with Crippen molar-refractivity contribution in [2.24, 2.45) is 0 Å². The predicted octanol–water partition coefficient (Wildman–Crippen LogP) is 12.9. The summed E-state index contributed by atoms with van der Waals surface area (Å²) >= 11 is 3.70. The Morgan fingerprint density at radius 2 is 0.641 bits per heavy atom. The molecule has 1 aromatic carbocycles. The Balaban J connectivity index is 2.77. The van der Waals surface area contributed by atoms with E-state index < -0.39 is 0 Å². The van der Waals surface area contributed by atoms with Gasteiger partial charge in [0.1, 0.15) is 0 Å². The quantitative estimate of drug-likeness (QED) is 0.0769. The third kappa shape index (κ3) is 16.4. The van der Waals surface area contributed by atoms with Crippen LogP contribution in [0, 0.1) is 0 Å². The molecule has 2 nitrogen and oxygen atoms in total. The standard InChI is InChI=1S/C36H65BrO2/c1-4-7-10-13-16-19-22-25-28-31-32(29-26-23-20-17-14-11-8-5-2)34(37)36(39)35(38)33(31)30-27-24-21-18-15-12-9-6-3/h38-39H,4-30H2,1-3H3. The van der Waals surface area contributed by atoms with Crippen molar-refractivity contribution in [1.82, 2.24) is 0 Å². The monoisotopic (exact) mass is 608 g/mol. The summed E-state index contributed by atoms with van der Waals surface area (Å²) in [6.07, 6.45) is 34.2. The van der Waals surface area contributed by atoms with E-state index in [4.69, 9.17) is 0 Å². The largest absolute Gasteiger partial charge is 0.504 e. The zero-order chi connectivity index (χ0) is 28.6. The summed E-state index contributed by atoms with van der Waals surface area (Å²) in [7, 11) is 0. The average Bonchev–Trinajstić information content (AvgIpc) is 2.94. The molecule has 1 rings (SSSR count). The molecule has 0 aliphatic rings. The van der Waals surface area contributed by atoms with Crippen LogP contribution in [-0.4, -0.2) is 10.2 Å². The van der Waals surface area contributed by atoms with E-state index in [9.17, 15) is 10.2 Å². The number of hydrogen-bond donors (Lipinski definition) is 2. The molecule has 0 amide bonds. The molecule has 2 N–H and O–H groups in total. The molecule has 0 aromatic heterocycles. The van der Waals surface area contributed by atoms with Crippen molar-refractivity contribution < 1.29 is 10.2 Å². The van der Waals surface area contributed by atoms with Gasteiger partial charge in [-0.15, -0.1) is 0 Å². The van der Waals surface area contributed by atoms with Crippen molar-refractivity contribution in [1.29, 1.82) is 0 Å². The van der Waals surface area contributed by atoms with Crippen LogP contribution in [0.15, 0.2) is 4.47 Å². The molecule has 3 heteroatoms. The minimum atomic E-state index is 0.0683. The molecule has 0 saturated carbocycles. The number of phenolic OH excluding ortho intramolecular Hbond substituents is 2. The molecule has 39 heavy (non-hydrogen) atoms. The molecule has 0 aliphatic heterocycles. The highest BCUT2D eigenvalue weighted by atomic mass is 79.9. The van der Waals surface area contributed by atoms with Gasteiger partial charge in [-0.1, -0.05) is 156 Å². The highest BCUT2D eigenvalue weighted by Crippen LogP contribution is 2.44. The molecule has 0 spiro atoms. The maximum absolute atomic E-state index is 11.0. The van der Waals surface area contributed by atoms with E-state index in [2.05, 4.69) is 36.7 Å². The van der Waals surface area contributed by atoms with E-state index in [1.54, 1.807) is 0 Å². The van der Waals surface area contributed by atoms with Crippen LogP contribution in [-0.2, 0) is 19.3 Å². The lowest BCUT2D eigenvalue weighted by molar-refractivity contribution is 0.394. The topological polar surface area (TPSA) is 40.5 Å². The summed E-state index contributed by atoms with van der Waals surface area (Å²) in [6, 6.07) is 0. The van der Waals surface area contributed by atoms with Crippen LogP contribution in [0.5, 0.6) is 11.5 Å². The molecule has 0 saturated heterocycles. The second-order valence-corrected chi connectivity index (χ2v) is 12.9. The first-order valence-corrected chi connectivity index (χ1v) is 18.1. The van der Waals surface area contributed by atoms with Gasteiger partial charge in [0.25, 0.3) is 0 Å². The summed E-state index contributed by atoms with van der Waals surface area (Å²) in [5, 5.41) is 21.9. The fourth-order valence-corrected chi connectivity index (χ4v) is 6.61. The molecule has 0 atom stereocenters. The van der Waals surface area contributed by atoms with E-state index in [-0.39, 0.29) is 11.5 Å². The van der Waals surface area contributed by atoms with Gasteiger partial charge in [0, 0.05) is 5.56 Å². The minimum Gasteiger partial charge on any atom is -0.504 e. The van der Waals surface area contributed by atoms with Crippen LogP contribution < -0.4 is 0 Å². The first-order valence-electron chi connectivity index (χ1n) is 17.3. The van der Waals surface area contributed by atoms with E-state index in [1.807, 2.05) is 0 Å². The Hall–Kier alpha value is -0.700. The predicted molar refractivity (Wildman–Crippen MR) is 176 cm³/mol. The summed E-state index contributed by atoms with van der Waals surface area (Å²) in [5.74, 6) is 0.206. The first-order chi connectivity index (χ1) is 19.1. The third-order valence-corrected chi connectivity index (χ3v) is 9.41. The van der Waals surface area contributed by atoms with Crippen molar-refractivity contribution >= 4 is 15.9 Å². The Morgan fingerprint density at radius 3 is 1.00 bits per heavy atom. The minimum absolute atomic E-state index is 0.0683. The first kappa shape index (κ1) is 36.3. The lowest BCUT2D eigenvalue weighted by Gasteiger charge is -2.20. The van der Waals surface area contributed by atoms with E-state index >= 15 is 0 Å². The summed E-state index contributed by atoms with van der Waals surface area (Å²) in [5.41, 5.74) is 3.65. The van der Waals surface area contributed by atoms with Gasteiger partial charge in [0.2, 0.25) is 0 Å². The second kappa shape index (κ2) is 25.0. The van der Waals surface area contributed by atoms with Crippen molar-refractivity contribution in [2.45, 2.75) is 194 Å². The van der Waals surface area contributed by atoms with Gasteiger partial charge in [-0.25, -0.2) is 0 Å². The fraction of sp³-hybridized carbons (Fsp3) is 0.833. The van der Waals surface area contributed by atoms with E-state index in [0.717, 1.165) is 42.1 Å². The zero-order valence-corrected chi connectivity index (χ0v) is 28.0. The number of halogens is 1. The molecule has 0 unspecified atom stereocenters. The maximum Gasteiger partial charge on any atom is 0.172 e. The van der Waals surface area contributed by atoms with Crippen LogP contribution in [0.1, 0.15) is 192 Å². The summed E-state index contributed by atoms with van der Waals surface area (Å²) in [4.78, 5) is 0. The number of aromatic hydroxyl groups is 2. The highest BCUT2D eigenvalue weighted by Gasteiger charge is 2.21.